The van der Waals surface area contributed by atoms with Crippen LogP contribution in [0.3, 0.4) is 0 Å². The summed E-state index contributed by atoms with van der Waals surface area (Å²) in [6.45, 7) is 1.93. The van der Waals surface area contributed by atoms with Gasteiger partial charge in [-0.2, -0.15) is 0 Å². The van der Waals surface area contributed by atoms with Crippen LogP contribution in [-0.4, -0.2) is 47.3 Å². The molecule has 0 saturated carbocycles. The fourth-order valence-electron chi connectivity index (χ4n) is 4.17. The molecule has 1 fully saturated rings. The van der Waals surface area contributed by atoms with Gasteiger partial charge in [0.05, 0.1) is 0 Å². The summed E-state index contributed by atoms with van der Waals surface area (Å²) >= 11 is 12.7. The van der Waals surface area contributed by atoms with Crippen LogP contribution in [0.5, 0.6) is 0 Å². The maximum atomic E-state index is 12.8. The maximum absolute atomic E-state index is 12.8. The van der Waals surface area contributed by atoms with Crippen LogP contribution in [0.25, 0.3) is 10.9 Å². The first-order valence-electron chi connectivity index (χ1n) is 10.2. The molecule has 1 aliphatic rings. The largest absolute Gasteiger partial charge is 0.396 e. The highest BCUT2D eigenvalue weighted by molar-refractivity contribution is 6.35. The van der Waals surface area contributed by atoms with Crippen LogP contribution in [0, 0.1) is 5.92 Å². The SMILES string of the molecule is O=C(NCC(c1ccc(Cl)cc1Cl)c1c[nH]c2ccccc12)N1CCC(CO)CC1. The van der Waals surface area contributed by atoms with Crippen molar-refractivity contribution in [2.24, 2.45) is 5.92 Å². The topological polar surface area (TPSA) is 68.4 Å². The number of nitrogens with one attached hydrogen (secondary N) is 2. The minimum atomic E-state index is -0.121. The molecule has 1 aromatic heterocycles. The van der Waals surface area contributed by atoms with Gasteiger partial charge in [0, 0.05) is 59.3 Å². The van der Waals surface area contributed by atoms with Crippen LogP contribution in [0.1, 0.15) is 29.9 Å². The zero-order valence-corrected chi connectivity index (χ0v) is 18.1. The Morgan fingerprint density at radius 3 is 2.67 bits per heavy atom. The van der Waals surface area contributed by atoms with Crippen molar-refractivity contribution in [2.45, 2.75) is 18.8 Å². The number of carbonyl (C=O) groups is 1. The Balaban J connectivity index is 1.57. The molecule has 2 heterocycles. The van der Waals surface area contributed by atoms with E-state index in [0.29, 0.717) is 35.6 Å². The molecule has 3 aromatic rings. The number of H-pyrrole nitrogens is 1. The number of rotatable bonds is 5. The standard InChI is InChI=1S/C23H25Cl2N3O2/c24-16-5-6-17(21(25)11-16)19(20-12-26-22-4-2-1-3-18(20)22)13-27-23(30)28-9-7-15(14-29)8-10-28/h1-6,11-12,15,19,26,29H,7-10,13-14H2,(H,27,30). The van der Waals surface area contributed by atoms with E-state index < -0.39 is 0 Å². The molecule has 0 bridgehead atoms. The van der Waals surface area contributed by atoms with E-state index in [1.54, 1.807) is 6.07 Å². The smallest absolute Gasteiger partial charge is 0.317 e. The molecule has 5 nitrogen and oxygen atoms in total. The van der Waals surface area contributed by atoms with Gasteiger partial charge >= 0.3 is 6.03 Å². The normalized spacial score (nSPS) is 16.0. The number of hydrogen-bond acceptors (Lipinski definition) is 2. The highest BCUT2D eigenvalue weighted by Crippen LogP contribution is 2.35. The summed E-state index contributed by atoms with van der Waals surface area (Å²) in [6, 6.07) is 13.5. The molecule has 2 aromatic carbocycles. The summed E-state index contributed by atoms with van der Waals surface area (Å²) in [4.78, 5) is 17.9. The molecule has 2 amide bonds. The second kappa shape index (κ2) is 9.29. The number of aromatic amines is 1. The summed E-state index contributed by atoms with van der Waals surface area (Å²) in [6.07, 6.45) is 3.65. The predicted molar refractivity (Wildman–Crippen MR) is 121 cm³/mol. The third-order valence-electron chi connectivity index (χ3n) is 5.95. The van der Waals surface area contributed by atoms with Crippen molar-refractivity contribution in [2.75, 3.05) is 26.2 Å². The summed E-state index contributed by atoms with van der Waals surface area (Å²) in [5.74, 6) is 0.172. The number of piperidine rings is 1. The van der Waals surface area contributed by atoms with Crippen LogP contribution in [0.2, 0.25) is 10.0 Å². The minimum Gasteiger partial charge on any atom is -0.396 e. The van der Waals surface area contributed by atoms with Crippen molar-refractivity contribution in [3.05, 3.63) is 69.8 Å². The van der Waals surface area contributed by atoms with Crippen molar-refractivity contribution in [3.63, 3.8) is 0 Å². The first kappa shape index (κ1) is 21.0. The molecule has 4 rings (SSSR count). The van der Waals surface area contributed by atoms with E-state index in [9.17, 15) is 9.90 Å². The average molecular weight is 446 g/mol. The number of aliphatic hydroxyl groups excluding tert-OH is 1. The fourth-order valence-corrected chi connectivity index (χ4v) is 4.71. The quantitative estimate of drug-likeness (QED) is 0.515. The van der Waals surface area contributed by atoms with Crippen molar-refractivity contribution < 1.29 is 9.90 Å². The Bertz CT molecular complexity index is 1030. The first-order chi connectivity index (χ1) is 14.6. The number of urea groups is 1. The lowest BCUT2D eigenvalue weighted by Crippen LogP contribution is -2.45. The molecule has 1 atom stereocenters. The highest BCUT2D eigenvalue weighted by atomic mass is 35.5. The monoisotopic (exact) mass is 445 g/mol. The summed E-state index contributed by atoms with van der Waals surface area (Å²) in [7, 11) is 0. The summed E-state index contributed by atoms with van der Waals surface area (Å²) in [5.41, 5.74) is 3.04. The molecule has 0 spiro atoms. The molecule has 3 N–H and O–H groups in total. The van der Waals surface area contributed by atoms with Gasteiger partial charge in [-0.3, -0.25) is 0 Å². The first-order valence-corrected chi connectivity index (χ1v) is 11.0. The fraction of sp³-hybridized carbons (Fsp3) is 0.348. The van der Waals surface area contributed by atoms with Gasteiger partial charge in [0.25, 0.3) is 0 Å². The van der Waals surface area contributed by atoms with E-state index in [2.05, 4.69) is 16.4 Å². The highest BCUT2D eigenvalue weighted by Gasteiger charge is 2.25. The van der Waals surface area contributed by atoms with E-state index in [1.807, 2.05) is 41.4 Å². The predicted octanol–water partition coefficient (Wildman–Crippen LogP) is 5.02. The number of hydrogen-bond donors (Lipinski definition) is 3. The van der Waals surface area contributed by atoms with Gasteiger partial charge in [0.15, 0.2) is 0 Å². The number of aliphatic hydroxyl groups is 1. The van der Waals surface area contributed by atoms with Gasteiger partial charge in [-0.25, -0.2) is 4.79 Å². The van der Waals surface area contributed by atoms with Gasteiger partial charge < -0.3 is 20.3 Å². The number of fused-ring (bicyclic) bond motifs is 1. The molecule has 0 radical (unpaired) electrons. The molecule has 0 aliphatic carbocycles. The third kappa shape index (κ3) is 4.43. The van der Waals surface area contributed by atoms with Crippen molar-refractivity contribution in [1.29, 1.82) is 0 Å². The molecule has 1 aliphatic heterocycles. The number of amides is 2. The number of likely N-dealkylation sites (tertiary alicyclic amines) is 1. The van der Waals surface area contributed by atoms with E-state index in [0.717, 1.165) is 34.9 Å². The summed E-state index contributed by atoms with van der Waals surface area (Å²) < 4.78 is 0. The Hall–Kier alpha value is -2.21. The van der Waals surface area contributed by atoms with E-state index in [4.69, 9.17) is 23.2 Å². The Morgan fingerprint density at radius 2 is 1.93 bits per heavy atom. The Labute approximate surface area is 186 Å². The van der Waals surface area contributed by atoms with Gasteiger partial charge in [-0.15, -0.1) is 0 Å². The second-order valence-electron chi connectivity index (χ2n) is 7.81. The number of carbonyl (C=O) groups excluding carboxylic acids is 1. The van der Waals surface area contributed by atoms with Gasteiger partial charge in [-0.1, -0.05) is 47.5 Å². The van der Waals surface area contributed by atoms with Crippen molar-refractivity contribution in [3.8, 4) is 0 Å². The molecule has 1 unspecified atom stereocenters. The van der Waals surface area contributed by atoms with Crippen molar-refractivity contribution >= 4 is 40.1 Å². The van der Waals surface area contributed by atoms with Crippen LogP contribution in [0.4, 0.5) is 4.79 Å². The lowest BCUT2D eigenvalue weighted by atomic mass is 9.90. The van der Waals surface area contributed by atoms with Gasteiger partial charge in [0.1, 0.15) is 0 Å². The molecule has 30 heavy (non-hydrogen) atoms. The van der Waals surface area contributed by atoms with Gasteiger partial charge in [-0.05, 0) is 48.1 Å². The molecule has 7 heteroatoms. The number of halogens is 2. The van der Waals surface area contributed by atoms with Crippen LogP contribution < -0.4 is 5.32 Å². The molecular formula is C23H25Cl2N3O2. The lowest BCUT2D eigenvalue weighted by molar-refractivity contribution is 0.137. The molecular weight excluding hydrogens is 421 g/mol. The zero-order chi connectivity index (χ0) is 21.1. The number of para-hydroxylation sites is 1. The molecule has 1 saturated heterocycles. The Kier molecular flexibility index (Phi) is 6.52. The number of nitrogens with zero attached hydrogens (tertiary/aromatic N) is 1. The van der Waals surface area contributed by atoms with Crippen molar-refractivity contribution in [1.82, 2.24) is 15.2 Å². The van der Waals surface area contributed by atoms with Gasteiger partial charge in [0.2, 0.25) is 0 Å². The van der Waals surface area contributed by atoms with E-state index in [-0.39, 0.29) is 18.6 Å². The average Bonchev–Trinajstić information content (AvgIpc) is 3.19. The number of aromatic nitrogens is 1. The summed E-state index contributed by atoms with van der Waals surface area (Å²) in [5, 5.41) is 14.7. The maximum Gasteiger partial charge on any atom is 0.317 e. The van der Waals surface area contributed by atoms with E-state index >= 15 is 0 Å². The minimum absolute atomic E-state index is 0.0821. The van der Waals surface area contributed by atoms with Crippen LogP contribution >= 0.6 is 23.2 Å². The van der Waals surface area contributed by atoms with E-state index in [1.165, 1.54) is 0 Å². The Morgan fingerprint density at radius 1 is 1.17 bits per heavy atom. The lowest BCUT2D eigenvalue weighted by Gasteiger charge is -2.31. The number of benzene rings is 2. The van der Waals surface area contributed by atoms with Crippen LogP contribution in [0.15, 0.2) is 48.7 Å². The molecule has 158 valence electrons. The van der Waals surface area contributed by atoms with Crippen LogP contribution in [-0.2, 0) is 0 Å². The third-order valence-corrected chi connectivity index (χ3v) is 6.51. The second-order valence-corrected chi connectivity index (χ2v) is 8.65. The zero-order valence-electron chi connectivity index (χ0n) is 16.6.